The Labute approximate surface area is 153 Å². The largest absolute Gasteiger partial charge is 0.508 e. The van der Waals surface area contributed by atoms with Gasteiger partial charge in [-0.05, 0) is 61.1 Å². The minimum absolute atomic E-state index is 0.175. The number of carbonyl (C=O) groups is 1. The van der Waals surface area contributed by atoms with Crippen LogP contribution in [-0.4, -0.2) is 17.0 Å². The van der Waals surface area contributed by atoms with Crippen molar-refractivity contribution < 1.29 is 14.4 Å². The molecule has 0 aromatic heterocycles. The molecular weight excluding hydrogens is 331 g/mol. The molecule has 138 valence electrons. The third-order valence-corrected chi connectivity index (χ3v) is 6.68. The van der Waals surface area contributed by atoms with Crippen molar-refractivity contribution in [1.29, 1.82) is 0 Å². The lowest BCUT2D eigenvalue weighted by molar-refractivity contribution is -0.121. The SMILES string of the molecule is CCCCC[C@@H](CC[C@H]1C(=O)C[C@@H]2Cc3c(O)cccc3C[C@@H]21)OP. The van der Waals surface area contributed by atoms with E-state index in [1.807, 2.05) is 6.07 Å². The van der Waals surface area contributed by atoms with Crippen LogP contribution < -0.4 is 0 Å². The van der Waals surface area contributed by atoms with Crippen LogP contribution in [0.1, 0.15) is 63.0 Å². The van der Waals surface area contributed by atoms with Gasteiger partial charge in [0, 0.05) is 21.8 Å². The summed E-state index contributed by atoms with van der Waals surface area (Å²) in [6, 6.07) is 5.81. The van der Waals surface area contributed by atoms with Crippen LogP contribution in [0, 0.1) is 17.8 Å². The highest BCUT2D eigenvalue weighted by atomic mass is 31.0. The summed E-state index contributed by atoms with van der Waals surface area (Å²) in [6.45, 7) is 2.21. The van der Waals surface area contributed by atoms with Crippen molar-refractivity contribution in [1.82, 2.24) is 0 Å². The smallest absolute Gasteiger partial charge is 0.136 e. The number of ketones is 1. The summed E-state index contributed by atoms with van der Waals surface area (Å²) in [7, 11) is 2.41. The minimum Gasteiger partial charge on any atom is -0.508 e. The predicted octanol–water partition coefficient (Wildman–Crippen LogP) is 4.85. The number of benzene rings is 1. The van der Waals surface area contributed by atoms with Gasteiger partial charge in [-0.1, -0.05) is 38.3 Å². The molecule has 5 atom stereocenters. The van der Waals surface area contributed by atoms with Crippen molar-refractivity contribution in [2.75, 3.05) is 0 Å². The van der Waals surface area contributed by atoms with E-state index in [1.54, 1.807) is 6.07 Å². The summed E-state index contributed by atoms with van der Waals surface area (Å²) in [5.74, 6) is 1.86. The fourth-order valence-electron chi connectivity index (χ4n) is 4.87. The van der Waals surface area contributed by atoms with E-state index >= 15 is 0 Å². The zero-order chi connectivity index (χ0) is 17.8. The molecule has 0 aliphatic heterocycles. The standard InChI is InChI=1S/C21H31O3P/c1-2-3-4-7-16(24-25)9-10-17-18-11-14-6-5-8-20(22)19(14)12-15(18)13-21(17)23/h5-6,8,15-18,22H,2-4,7,9-13,25H2,1H3/t15-,16-,17+,18-/m0/s1. The molecular formula is C21H31O3P. The van der Waals surface area contributed by atoms with Crippen LogP contribution in [0.2, 0.25) is 0 Å². The summed E-state index contributed by atoms with van der Waals surface area (Å²) >= 11 is 0. The second kappa shape index (κ2) is 8.64. The maximum Gasteiger partial charge on any atom is 0.136 e. The molecule has 25 heavy (non-hydrogen) atoms. The van der Waals surface area contributed by atoms with Gasteiger partial charge in [0.15, 0.2) is 0 Å². The maximum absolute atomic E-state index is 12.6. The molecule has 0 heterocycles. The van der Waals surface area contributed by atoms with Crippen LogP contribution in [0.3, 0.4) is 0 Å². The normalized spacial score (nSPS) is 26.3. The highest BCUT2D eigenvalue weighted by molar-refractivity contribution is 7.09. The van der Waals surface area contributed by atoms with Crippen LogP contribution in [0.15, 0.2) is 18.2 Å². The van der Waals surface area contributed by atoms with Gasteiger partial charge < -0.3 is 9.63 Å². The summed E-state index contributed by atoms with van der Waals surface area (Å²) in [5.41, 5.74) is 2.31. The molecule has 1 fully saturated rings. The van der Waals surface area contributed by atoms with Crippen molar-refractivity contribution in [2.45, 2.75) is 70.8 Å². The molecule has 1 aromatic rings. The first-order chi connectivity index (χ1) is 12.1. The number of rotatable bonds is 8. The molecule has 1 saturated carbocycles. The highest BCUT2D eigenvalue weighted by Gasteiger charge is 2.44. The third kappa shape index (κ3) is 4.26. The molecule has 4 heteroatoms. The van der Waals surface area contributed by atoms with Gasteiger partial charge in [-0.15, -0.1) is 0 Å². The second-order valence-electron chi connectivity index (χ2n) is 7.86. The number of Topliss-reactive ketones (excluding diaryl/α,β-unsaturated/α-hetero) is 1. The van der Waals surface area contributed by atoms with Crippen LogP contribution in [0.5, 0.6) is 5.75 Å². The van der Waals surface area contributed by atoms with E-state index in [9.17, 15) is 9.90 Å². The van der Waals surface area contributed by atoms with Crippen molar-refractivity contribution >= 4 is 15.2 Å². The quantitative estimate of drug-likeness (QED) is 0.531. The van der Waals surface area contributed by atoms with Crippen molar-refractivity contribution in [3.05, 3.63) is 29.3 Å². The summed E-state index contributed by atoms with van der Waals surface area (Å²) < 4.78 is 5.57. The molecule has 0 spiro atoms. The Bertz CT molecular complexity index is 601. The van der Waals surface area contributed by atoms with Crippen molar-refractivity contribution in [3.8, 4) is 5.75 Å². The van der Waals surface area contributed by atoms with Crippen LogP contribution >= 0.6 is 9.47 Å². The molecule has 0 saturated heterocycles. The minimum atomic E-state index is 0.175. The van der Waals surface area contributed by atoms with Gasteiger partial charge in [-0.2, -0.15) is 0 Å². The Morgan fingerprint density at radius 3 is 2.84 bits per heavy atom. The molecule has 1 unspecified atom stereocenters. The maximum atomic E-state index is 12.6. The van der Waals surface area contributed by atoms with Crippen LogP contribution in [-0.2, 0) is 22.2 Å². The topological polar surface area (TPSA) is 46.5 Å². The molecule has 2 aliphatic rings. The van der Waals surface area contributed by atoms with E-state index in [-0.39, 0.29) is 12.0 Å². The van der Waals surface area contributed by atoms with E-state index in [0.29, 0.717) is 29.8 Å². The first kappa shape index (κ1) is 18.9. The number of unbranched alkanes of at least 4 members (excludes halogenated alkanes) is 2. The number of hydrogen-bond acceptors (Lipinski definition) is 3. The second-order valence-corrected chi connectivity index (χ2v) is 8.13. The number of aromatic hydroxyl groups is 1. The monoisotopic (exact) mass is 362 g/mol. The van der Waals surface area contributed by atoms with Gasteiger partial charge in [-0.3, -0.25) is 4.79 Å². The van der Waals surface area contributed by atoms with Gasteiger partial charge in [0.2, 0.25) is 0 Å². The van der Waals surface area contributed by atoms with Gasteiger partial charge in [0.1, 0.15) is 11.5 Å². The summed E-state index contributed by atoms with van der Waals surface area (Å²) in [4.78, 5) is 12.6. The Kier molecular flexibility index (Phi) is 6.52. The molecule has 1 aromatic carbocycles. The zero-order valence-electron chi connectivity index (χ0n) is 15.2. The van der Waals surface area contributed by atoms with Gasteiger partial charge in [0.25, 0.3) is 0 Å². The first-order valence-electron chi connectivity index (χ1n) is 9.82. The molecule has 3 rings (SSSR count). The molecule has 3 nitrogen and oxygen atoms in total. The fourth-order valence-corrected chi connectivity index (χ4v) is 5.14. The number of phenols is 1. The lowest BCUT2D eigenvalue weighted by Gasteiger charge is -2.31. The van der Waals surface area contributed by atoms with Gasteiger partial charge in [-0.25, -0.2) is 0 Å². The molecule has 0 bridgehead atoms. The molecule has 0 radical (unpaired) electrons. The summed E-state index contributed by atoms with van der Waals surface area (Å²) in [5, 5.41) is 10.1. The van der Waals surface area contributed by atoms with E-state index in [0.717, 1.165) is 37.7 Å². The van der Waals surface area contributed by atoms with E-state index in [4.69, 9.17) is 4.52 Å². The van der Waals surface area contributed by atoms with Crippen LogP contribution in [0.4, 0.5) is 0 Å². The number of carbonyl (C=O) groups excluding carboxylic acids is 1. The molecule has 1 N–H and O–H groups in total. The van der Waals surface area contributed by atoms with Crippen molar-refractivity contribution in [3.63, 3.8) is 0 Å². The lowest BCUT2D eigenvalue weighted by atomic mass is 9.73. The van der Waals surface area contributed by atoms with Gasteiger partial charge >= 0.3 is 0 Å². The lowest BCUT2D eigenvalue weighted by Crippen LogP contribution is -2.26. The van der Waals surface area contributed by atoms with Crippen LogP contribution in [0.25, 0.3) is 0 Å². The number of fused-ring (bicyclic) bond motifs is 2. The zero-order valence-corrected chi connectivity index (χ0v) is 16.4. The average Bonchev–Trinajstić information content (AvgIpc) is 2.91. The highest BCUT2D eigenvalue weighted by Crippen LogP contribution is 2.46. The average molecular weight is 362 g/mol. The Hall–Kier alpha value is -0.920. The first-order valence-corrected chi connectivity index (χ1v) is 10.3. The van der Waals surface area contributed by atoms with E-state index in [1.165, 1.54) is 24.8 Å². The summed E-state index contributed by atoms with van der Waals surface area (Å²) in [6.07, 6.45) is 9.41. The third-order valence-electron chi connectivity index (χ3n) is 6.29. The van der Waals surface area contributed by atoms with E-state index < -0.39 is 0 Å². The van der Waals surface area contributed by atoms with E-state index in [2.05, 4.69) is 22.5 Å². The number of phenolic OH excluding ortho intramolecular Hbond substituents is 1. The molecule has 0 amide bonds. The number of hydrogen-bond donors (Lipinski definition) is 1. The predicted molar refractivity (Wildman–Crippen MR) is 104 cm³/mol. The van der Waals surface area contributed by atoms with Crippen molar-refractivity contribution in [2.24, 2.45) is 17.8 Å². The van der Waals surface area contributed by atoms with Gasteiger partial charge in [0.05, 0.1) is 6.10 Å². The Morgan fingerprint density at radius 1 is 1.24 bits per heavy atom. The Morgan fingerprint density at radius 2 is 2.08 bits per heavy atom. The fraction of sp³-hybridized carbons (Fsp3) is 0.667. The Balaban J connectivity index is 1.62. The molecule has 2 aliphatic carbocycles.